The highest BCUT2D eigenvalue weighted by Gasteiger charge is 2.33. The highest BCUT2D eigenvalue weighted by atomic mass is 35.5. The lowest BCUT2D eigenvalue weighted by atomic mass is 9.81. The number of ether oxygens (including phenoxy) is 1. The molecule has 1 aromatic carbocycles. The highest BCUT2D eigenvalue weighted by molar-refractivity contribution is 6.31. The van der Waals surface area contributed by atoms with Crippen molar-refractivity contribution in [2.75, 3.05) is 26.3 Å². The number of hydrogen-bond acceptors (Lipinski definition) is 3. The van der Waals surface area contributed by atoms with Crippen LogP contribution in [0.2, 0.25) is 5.02 Å². The van der Waals surface area contributed by atoms with Crippen LogP contribution in [0.1, 0.15) is 50.0 Å². The minimum absolute atomic E-state index is 0.0353. The zero-order chi connectivity index (χ0) is 18.3. The average molecular weight is 373 g/mol. The first-order valence-electron chi connectivity index (χ1n) is 8.92. The molecule has 0 bridgehead atoms. The fraction of sp³-hybridized carbons (Fsp3) is 0.400. The van der Waals surface area contributed by atoms with Crippen LogP contribution >= 0.6 is 11.6 Å². The largest absolute Gasteiger partial charge is 0.378 e. The van der Waals surface area contributed by atoms with Crippen molar-refractivity contribution in [2.24, 2.45) is 0 Å². The van der Waals surface area contributed by atoms with Gasteiger partial charge in [-0.3, -0.25) is 9.59 Å². The molecule has 1 atom stereocenters. The van der Waals surface area contributed by atoms with Gasteiger partial charge in [0, 0.05) is 35.8 Å². The summed E-state index contributed by atoms with van der Waals surface area (Å²) in [7, 11) is 0. The summed E-state index contributed by atoms with van der Waals surface area (Å²) in [4.78, 5) is 30.7. The van der Waals surface area contributed by atoms with E-state index in [-0.39, 0.29) is 17.6 Å². The Balaban J connectivity index is 1.66. The molecule has 1 aromatic heterocycles. The van der Waals surface area contributed by atoms with Gasteiger partial charge in [0.25, 0.3) is 5.91 Å². The normalized spacial score (nSPS) is 20.2. The van der Waals surface area contributed by atoms with Gasteiger partial charge in [0.2, 0.25) is 0 Å². The van der Waals surface area contributed by atoms with Crippen LogP contribution in [0.15, 0.2) is 24.3 Å². The van der Waals surface area contributed by atoms with Gasteiger partial charge in [-0.05, 0) is 36.5 Å². The molecule has 1 aliphatic heterocycles. The fourth-order valence-corrected chi connectivity index (χ4v) is 4.29. The molecule has 2 aromatic rings. The number of Topliss-reactive ketones (excluding diaryl/α,β-unsaturated/α-hetero) is 1. The Morgan fingerprint density at radius 3 is 2.69 bits per heavy atom. The van der Waals surface area contributed by atoms with Gasteiger partial charge >= 0.3 is 0 Å². The Hall–Kier alpha value is -2.11. The number of benzene rings is 1. The number of fused-ring (bicyclic) bond motifs is 1. The number of aromatic nitrogens is 1. The summed E-state index contributed by atoms with van der Waals surface area (Å²) >= 11 is 6.33. The Bertz CT molecular complexity index is 868. The van der Waals surface area contributed by atoms with Crippen LogP contribution < -0.4 is 0 Å². The summed E-state index contributed by atoms with van der Waals surface area (Å²) in [6.07, 6.45) is 1.10. The third-order valence-corrected chi connectivity index (χ3v) is 5.69. The summed E-state index contributed by atoms with van der Waals surface area (Å²) in [5, 5.41) is 0.682. The predicted octanol–water partition coefficient (Wildman–Crippen LogP) is 3.36. The number of rotatable bonds is 2. The number of carbonyl (C=O) groups is 2. The van der Waals surface area contributed by atoms with Gasteiger partial charge in [-0.1, -0.05) is 29.8 Å². The molecule has 26 heavy (non-hydrogen) atoms. The smallest absolute Gasteiger partial charge is 0.270 e. The maximum absolute atomic E-state index is 12.9. The first-order valence-corrected chi connectivity index (χ1v) is 9.30. The van der Waals surface area contributed by atoms with Crippen LogP contribution in [0.5, 0.6) is 0 Å². The lowest BCUT2D eigenvalue weighted by Crippen LogP contribution is -2.41. The van der Waals surface area contributed by atoms with E-state index in [1.54, 1.807) is 4.90 Å². The van der Waals surface area contributed by atoms with Crippen LogP contribution in [-0.4, -0.2) is 47.9 Å². The van der Waals surface area contributed by atoms with E-state index in [0.717, 1.165) is 16.8 Å². The molecule has 1 N–H and O–H groups in total. The molecule has 2 heterocycles. The molecule has 1 amide bonds. The summed E-state index contributed by atoms with van der Waals surface area (Å²) < 4.78 is 5.32. The van der Waals surface area contributed by atoms with Gasteiger partial charge in [0.05, 0.1) is 13.2 Å². The summed E-state index contributed by atoms with van der Waals surface area (Å²) in [5.74, 6) is 0.0568. The van der Waals surface area contributed by atoms with Gasteiger partial charge in [0.15, 0.2) is 5.78 Å². The van der Waals surface area contributed by atoms with Crippen molar-refractivity contribution in [3.63, 3.8) is 0 Å². The molecule has 136 valence electrons. The Morgan fingerprint density at radius 1 is 1.23 bits per heavy atom. The Kier molecular flexibility index (Phi) is 4.59. The van der Waals surface area contributed by atoms with Gasteiger partial charge in [-0.2, -0.15) is 0 Å². The zero-order valence-electron chi connectivity index (χ0n) is 14.7. The molecule has 1 fully saturated rings. The topological polar surface area (TPSA) is 62.4 Å². The van der Waals surface area contributed by atoms with Gasteiger partial charge < -0.3 is 14.6 Å². The van der Waals surface area contributed by atoms with Gasteiger partial charge in [-0.15, -0.1) is 0 Å². The number of morpholine rings is 1. The molecule has 4 rings (SSSR count). The molecular formula is C20H21ClN2O3. The van der Waals surface area contributed by atoms with E-state index < -0.39 is 0 Å². The van der Waals surface area contributed by atoms with E-state index in [1.807, 2.05) is 31.2 Å². The maximum Gasteiger partial charge on any atom is 0.270 e. The standard InChI is InChI=1S/C20H21ClN2O3/c1-12-18-16(22-19(12)20(25)23-6-8-26-9-7-23)10-13(11-17(18)24)14-4-2-3-5-15(14)21/h2-5,13,22H,6-11H2,1H3/t13-/m1/s1. The van der Waals surface area contributed by atoms with Crippen molar-refractivity contribution in [3.05, 3.63) is 57.4 Å². The third-order valence-electron chi connectivity index (χ3n) is 5.35. The van der Waals surface area contributed by atoms with E-state index in [2.05, 4.69) is 4.98 Å². The molecular weight excluding hydrogens is 352 g/mol. The number of carbonyl (C=O) groups excluding carboxylic acids is 2. The van der Waals surface area contributed by atoms with Crippen molar-refractivity contribution in [1.29, 1.82) is 0 Å². The summed E-state index contributed by atoms with van der Waals surface area (Å²) in [6.45, 7) is 4.13. The van der Waals surface area contributed by atoms with Crippen molar-refractivity contribution < 1.29 is 14.3 Å². The summed E-state index contributed by atoms with van der Waals surface area (Å²) in [6, 6.07) is 7.65. The number of halogens is 1. The van der Waals surface area contributed by atoms with Crippen LogP contribution in [0.3, 0.4) is 0 Å². The van der Waals surface area contributed by atoms with Crippen molar-refractivity contribution >= 4 is 23.3 Å². The first-order chi connectivity index (χ1) is 12.6. The zero-order valence-corrected chi connectivity index (χ0v) is 15.4. The number of ketones is 1. The summed E-state index contributed by atoms with van der Waals surface area (Å²) in [5.41, 5.74) is 3.82. The first kappa shape index (κ1) is 17.3. The number of H-pyrrole nitrogens is 1. The predicted molar refractivity (Wildman–Crippen MR) is 99.1 cm³/mol. The number of hydrogen-bond donors (Lipinski definition) is 1. The molecule has 0 saturated carbocycles. The van der Waals surface area contributed by atoms with Crippen molar-refractivity contribution in [1.82, 2.24) is 9.88 Å². The number of nitrogens with one attached hydrogen (secondary N) is 1. The average Bonchev–Trinajstić information content (AvgIpc) is 2.99. The Morgan fingerprint density at radius 2 is 1.96 bits per heavy atom. The molecule has 6 heteroatoms. The maximum atomic E-state index is 12.9. The van der Waals surface area contributed by atoms with Gasteiger partial charge in [-0.25, -0.2) is 0 Å². The molecule has 1 aliphatic carbocycles. The van der Waals surface area contributed by atoms with E-state index in [9.17, 15) is 9.59 Å². The third kappa shape index (κ3) is 2.95. The van der Waals surface area contributed by atoms with E-state index in [4.69, 9.17) is 16.3 Å². The van der Waals surface area contributed by atoms with Crippen molar-refractivity contribution in [2.45, 2.75) is 25.7 Å². The van der Waals surface area contributed by atoms with Crippen LogP contribution in [0.25, 0.3) is 0 Å². The molecule has 1 saturated heterocycles. The number of aromatic amines is 1. The molecule has 0 radical (unpaired) electrons. The van der Waals surface area contributed by atoms with Crippen LogP contribution in [-0.2, 0) is 11.2 Å². The molecule has 2 aliphatic rings. The molecule has 0 unspecified atom stereocenters. The fourth-order valence-electron chi connectivity index (χ4n) is 4.00. The lowest BCUT2D eigenvalue weighted by molar-refractivity contribution is 0.0299. The second-order valence-electron chi connectivity index (χ2n) is 6.93. The number of amides is 1. The minimum Gasteiger partial charge on any atom is -0.378 e. The lowest BCUT2D eigenvalue weighted by Gasteiger charge is -2.26. The second kappa shape index (κ2) is 6.89. The minimum atomic E-state index is -0.0534. The van der Waals surface area contributed by atoms with Crippen LogP contribution in [0.4, 0.5) is 0 Å². The highest BCUT2D eigenvalue weighted by Crippen LogP contribution is 2.37. The molecule has 5 nitrogen and oxygen atoms in total. The van der Waals surface area contributed by atoms with E-state index >= 15 is 0 Å². The second-order valence-corrected chi connectivity index (χ2v) is 7.34. The van der Waals surface area contributed by atoms with Gasteiger partial charge in [0.1, 0.15) is 5.69 Å². The van der Waals surface area contributed by atoms with Crippen LogP contribution in [0, 0.1) is 6.92 Å². The number of nitrogens with zero attached hydrogens (tertiary/aromatic N) is 1. The van der Waals surface area contributed by atoms with E-state index in [0.29, 0.717) is 55.4 Å². The quantitative estimate of drug-likeness (QED) is 0.879. The van der Waals surface area contributed by atoms with E-state index in [1.165, 1.54) is 0 Å². The SMILES string of the molecule is Cc1c(C(=O)N2CCOCC2)[nH]c2c1C(=O)C[C@H](c1ccccc1Cl)C2. The van der Waals surface area contributed by atoms with Crippen molar-refractivity contribution in [3.8, 4) is 0 Å². The molecule has 0 spiro atoms. The Labute approximate surface area is 157 Å². The monoisotopic (exact) mass is 372 g/mol.